The minimum atomic E-state index is 0.0888. The summed E-state index contributed by atoms with van der Waals surface area (Å²) in [5, 5.41) is 6.94. The van der Waals surface area contributed by atoms with Crippen molar-refractivity contribution in [2.24, 2.45) is 4.99 Å². The summed E-state index contributed by atoms with van der Waals surface area (Å²) in [6.07, 6.45) is 4.18. The van der Waals surface area contributed by atoms with Gasteiger partial charge in [0.25, 0.3) is 0 Å². The van der Waals surface area contributed by atoms with E-state index in [1.54, 1.807) is 0 Å². The molecule has 0 aromatic heterocycles. The van der Waals surface area contributed by atoms with Crippen molar-refractivity contribution in [1.29, 1.82) is 0 Å². The molecule has 5 nitrogen and oxygen atoms in total. The van der Waals surface area contributed by atoms with Gasteiger partial charge >= 0.3 is 0 Å². The second-order valence-electron chi connectivity index (χ2n) is 6.66. The Labute approximate surface area is 166 Å². The summed E-state index contributed by atoms with van der Waals surface area (Å²) in [6, 6.07) is 8.69. The predicted octanol–water partition coefficient (Wildman–Crippen LogP) is 3.48. The number of rotatable bonds is 9. The maximum atomic E-state index is 5.62. The first-order valence-electron chi connectivity index (χ1n) is 9.56. The summed E-state index contributed by atoms with van der Waals surface area (Å²) in [4.78, 5) is 4.37. The summed E-state index contributed by atoms with van der Waals surface area (Å²) in [5.41, 5.74) is 1.45. The molecule has 0 amide bonds. The van der Waals surface area contributed by atoms with Crippen LogP contribution >= 0.6 is 15.9 Å². The first kappa shape index (κ1) is 21.2. The lowest BCUT2D eigenvalue weighted by Gasteiger charge is -2.38. The van der Waals surface area contributed by atoms with Crippen molar-refractivity contribution in [1.82, 2.24) is 10.6 Å². The lowest BCUT2D eigenvalue weighted by molar-refractivity contribution is 0.0514. The minimum Gasteiger partial charge on any atom is -0.382 e. The summed E-state index contributed by atoms with van der Waals surface area (Å²) in [5.74, 6) is 0.865. The zero-order valence-electron chi connectivity index (χ0n) is 16.0. The molecule has 26 heavy (non-hydrogen) atoms. The zero-order valence-corrected chi connectivity index (χ0v) is 17.6. The molecule has 0 saturated carbocycles. The normalized spacial score (nSPS) is 17.1. The van der Waals surface area contributed by atoms with Crippen LogP contribution in [0.15, 0.2) is 33.7 Å². The van der Waals surface area contributed by atoms with E-state index in [1.807, 2.05) is 14.0 Å². The van der Waals surface area contributed by atoms with Crippen LogP contribution in [0, 0.1) is 0 Å². The van der Waals surface area contributed by atoms with Gasteiger partial charge in [0.15, 0.2) is 5.96 Å². The van der Waals surface area contributed by atoms with E-state index >= 15 is 0 Å². The van der Waals surface area contributed by atoms with Crippen LogP contribution in [-0.2, 0) is 14.9 Å². The van der Waals surface area contributed by atoms with E-state index in [0.717, 1.165) is 75.6 Å². The molecule has 2 rings (SSSR count). The number of aliphatic imine (C=N–C) groups is 1. The Balaban J connectivity index is 1.88. The molecule has 1 aromatic rings. The Morgan fingerprint density at radius 3 is 2.58 bits per heavy atom. The topological polar surface area (TPSA) is 54.9 Å². The SMILES string of the molecule is CCOCCCCNC(=NC)NCC1(c2ccc(Br)cc2)CCOCC1. The molecule has 0 unspecified atom stereocenters. The maximum absolute atomic E-state index is 5.62. The number of hydrogen-bond donors (Lipinski definition) is 2. The monoisotopic (exact) mass is 425 g/mol. The molecule has 6 heteroatoms. The fraction of sp³-hybridized carbons (Fsp3) is 0.650. The van der Waals surface area contributed by atoms with Crippen LogP contribution in [-0.4, -0.2) is 52.5 Å². The Bertz CT molecular complexity index is 542. The summed E-state index contributed by atoms with van der Waals surface area (Å²) in [6.45, 7) is 7.02. The van der Waals surface area contributed by atoms with Crippen LogP contribution in [0.25, 0.3) is 0 Å². The fourth-order valence-corrected chi connectivity index (χ4v) is 3.55. The summed E-state index contributed by atoms with van der Waals surface area (Å²) >= 11 is 3.53. The van der Waals surface area contributed by atoms with Crippen LogP contribution in [0.1, 0.15) is 38.2 Å². The lowest BCUT2D eigenvalue weighted by Crippen LogP contribution is -2.48. The van der Waals surface area contributed by atoms with Gasteiger partial charge in [-0.25, -0.2) is 0 Å². The first-order valence-corrected chi connectivity index (χ1v) is 10.4. The molecule has 1 aliphatic rings. The molecule has 1 aliphatic heterocycles. The molecule has 1 heterocycles. The van der Waals surface area contributed by atoms with E-state index in [9.17, 15) is 0 Å². The van der Waals surface area contributed by atoms with Crippen molar-refractivity contribution in [3.05, 3.63) is 34.3 Å². The van der Waals surface area contributed by atoms with E-state index in [0.29, 0.717) is 0 Å². The highest BCUT2D eigenvalue weighted by Gasteiger charge is 2.34. The molecule has 1 fully saturated rings. The average Bonchev–Trinajstić information content (AvgIpc) is 2.68. The van der Waals surface area contributed by atoms with Gasteiger partial charge in [-0.2, -0.15) is 0 Å². The third-order valence-electron chi connectivity index (χ3n) is 4.94. The molecule has 0 aliphatic carbocycles. The van der Waals surface area contributed by atoms with Gasteiger partial charge < -0.3 is 20.1 Å². The van der Waals surface area contributed by atoms with Gasteiger partial charge in [-0.1, -0.05) is 28.1 Å². The maximum Gasteiger partial charge on any atom is 0.191 e. The van der Waals surface area contributed by atoms with Gasteiger partial charge in [-0.3, -0.25) is 4.99 Å². The van der Waals surface area contributed by atoms with Crippen LogP contribution in [0.5, 0.6) is 0 Å². The van der Waals surface area contributed by atoms with E-state index in [-0.39, 0.29) is 5.41 Å². The van der Waals surface area contributed by atoms with Crippen molar-refractivity contribution in [3.63, 3.8) is 0 Å². The molecule has 1 aromatic carbocycles. The van der Waals surface area contributed by atoms with Gasteiger partial charge in [0, 0.05) is 56.5 Å². The predicted molar refractivity (Wildman–Crippen MR) is 111 cm³/mol. The second-order valence-corrected chi connectivity index (χ2v) is 7.57. The number of hydrogen-bond acceptors (Lipinski definition) is 3. The molecule has 1 saturated heterocycles. The zero-order chi connectivity index (χ0) is 18.7. The number of ether oxygens (including phenoxy) is 2. The first-order chi connectivity index (χ1) is 12.7. The van der Waals surface area contributed by atoms with Crippen LogP contribution in [0.4, 0.5) is 0 Å². The van der Waals surface area contributed by atoms with Gasteiger partial charge in [0.2, 0.25) is 0 Å². The number of benzene rings is 1. The Hall–Kier alpha value is -1.11. The third-order valence-corrected chi connectivity index (χ3v) is 5.47. The van der Waals surface area contributed by atoms with Crippen molar-refractivity contribution >= 4 is 21.9 Å². The summed E-state index contributed by atoms with van der Waals surface area (Å²) < 4.78 is 12.1. The molecular weight excluding hydrogens is 394 g/mol. The van der Waals surface area contributed by atoms with Crippen molar-refractivity contribution in [3.8, 4) is 0 Å². The highest BCUT2D eigenvalue weighted by molar-refractivity contribution is 9.10. The molecule has 146 valence electrons. The van der Waals surface area contributed by atoms with Gasteiger partial charge in [-0.15, -0.1) is 0 Å². The van der Waals surface area contributed by atoms with Gasteiger partial charge in [0.05, 0.1) is 0 Å². The molecular formula is C20H32BrN3O2. The Morgan fingerprint density at radius 2 is 1.92 bits per heavy atom. The molecule has 0 spiro atoms. The lowest BCUT2D eigenvalue weighted by atomic mass is 9.74. The van der Waals surface area contributed by atoms with Crippen LogP contribution < -0.4 is 10.6 Å². The van der Waals surface area contributed by atoms with Crippen molar-refractivity contribution in [2.45, 2.75) is 38.0 Å². The van der Waals surface area contributed by atoms with E-state index < -0.39 is 0 Å². The summed E-state index contributed by atoms with van der Waals surface area (Å²) in [7, 11) is 1.83. The number of halogens is 1. The van der Waals surface area contributed by atoms with Gasteiger partial charge in [-0.05, 0) is 50.3 Å². The highest BCUT2D eigenvalue weighted by Crippen LogP contribution is 2.34. The number of nitrogens with one attached hydrogen (secondary N) is 2. The quantitative estimate of drug-likeness (QED) is 0.361. The van der Waals surface area contributed by atoms with Crippen molar-refractivity contribution < 1.29 is 9.47 Å². The minimum absolute atomic E-state index is 0.0888. The van der Waals surface area contributed by atoms with E-state index in [1.165, 1.54) is 5.56 Å². The Kier molecular flexibility index (Phi) is 9.43. The van der Waals surface area contributed by atoms with E-state index in [4.69, 9.17) is 9.47 Å². The second kappa shape index (κ2) is 11.6. The number of guanidine groups is 1. The fourth-order valence-electron chi connectivity index (χ4n) is 3.29. The standard InChI is InChI=1S/C20H32BrN3O2/c1-3-25-13-5-4-12-23-19(22-2)24-16-20(10-14-26-15-11-20)17-6-8-18(21)9-7-17/h6-9H,3-5,10-16H2,1-2H3,(H2,22,23,24). The third kappa shape index (κ3) is 6.56. The van der Waals surface area contributed by atoms with Crippen molar-refractivity contribution in [2.75, 3.05) is 46.6 Å². The van der Waals surface area contributed by atoms with Crippen LogP contribution in [0.2, 0.25) is 0 Å². The highest BCUT2D eigenvalue weighted by atomic mass is 79.9. The molecule has 0 radical (unpaired) electrons. The molecule has 2 N–H and O–H groups in total. The largest absolute Gasteiger partial charge is 0.382 e. The average molecular weight is 426 g/mol. The van der Waals surface area contributed by atoms with Crippen LogP contribution in [0.3, 0.4) is 0 Å². The molecule has 0 bridgehead atoms. The number of unbranched alkanes of at least 4 members (excludes halogenated alkanes) is 1. The Morgan fingerprint density at radius 1 is 1.19 bits per heavy atom. The molecule has 0 atom stereocenters. The van der Waals surface area contributed by atoms with E-state index in [2.05, 4.69) is 55.8 Å². The number of nitrogens with zero attached hydrogens (tertiary/aromatic N) is 1. The smallest absolute Gasteiger partial charge is 0.191 e. The van der Waals surface area contributed by atoms with Gasteiger partial charge in [0.1, 0.15) is 0 Å².